The van der Waals surface area contributed by atoms with Crippen LogP contribution in [-0.2, 0) is 7.05 Å². The topological polar surface area (TPSA) is 92.9 Å². The van der Waals surface area contributed by atoms with E-state index in [2.05, 4.69) is 46.0 Å². The molecule has 1 aromatic carbocycles. The van der Waals surface area contributed by atoms with E-state index in [1.165, 1.54) is 0 Å². The Kier molecular flexibility index (Phi) is 7.32. The van der Waals surface area contributed by atoms with E-state index in [4.69, 9.17) is 19.5 Å². The average Bonchev–Trinajstić information content (AvgIpc) is 3.33. The molecule has 2 aliphatic heterocycles. The molecular weight excluding hydrogens is 516 g/mol. The van der Waals surface area contributed by atoms with Gasteiger partial charge in [0.15, 0.2) is 11.6 Å². The van der Waals surface area contributed by atoms with Crippen LogP contribution in [0.1, 0.15) is 30.0 Å². The molecule has 1 atom stereocenters. The number of allylic oxidation sites excluding steroid dienone is 1. The Hall–Kier alpha value is -4.44. The number of piperazine rings is 1. The second kappa shape index (κ2) is 11.2. The molecule has 1 N–H and O–H groups in total. The van der Waals surface area contributed by atoms with E-state index in [0.717, 1.165) is 76.8 Å². The molecule has 10 nitrogen and oxygen atoms in total. The van der Waals surface area contributed by atoms with Crippen LogP contribution in [0, 0.1) is 13.8 Å². The molecule has 1 unspecified atom stereocenters. The number of aliphatic imine (C=N–C) groups is 1. The van der Waals surface area contributed by atoms with Crippen molar-refractivity contribution in [2.75, 3.05) is 43.5 Å². The normalized spacial score (nSPS) is 17.4. The van der Waals surface area contributed by atoms with Crippen molar-refractivity contribution < 1.29 is 9.47 Å². The third-order valence-corrected chi connectivity index (χ3v) is 7.60. The number of likely N-dealkylation sites (N-methyl/N-ethyl adjacent to an activating group) is 1. The minimum absolute atomic E-state index is 0.292. The molecule has 3 aromatic heterocycles. The van der Waals surface area contributed by atoms with Gasteiger partial charge in [0.25, 0.3) is 0 Å². The first-order chi connectivity index (χ1) is 19.9. The lowest BCUT2D eigenvalue weighted by atomic mass is 10.0. The fraction of sp³-hybridized carbons (Fsp3) is 0.355. The number of fused-ring (bicyclic) bond motifs is 4. The number of hydrogen-bond donors (Lipinski definition) is 1. The number of amidine groups is 1. The van der Waals surface area contributed by atoms with E-state index in [1.807, 2.05) is 61.3 Å². The Balaban J connectivity index is 1.29. The summed E-state index contributed by atoms with van der Waals surface area (Å²) in [4.78, 5) is 23.3. The number of pyridine rings is 2. The van der Waals surface area contributed by atoms with Crippen LogP contribution in [0.2, 0.25) is 0 Å². The number of benzene rings is 1. The summed E-state index contributed by atoms with van der Waals surface area (Å²) in [7, 11) is 4.10. The highest BCUT2D eigenvalue weighted by Gasteiger charge is 2.35. The summed E-state index contributed by atoms with van der Waals surface area (Å²) in [6.45, 7) is 9.67. The van der Waals surface area contributed by atoms with Gasteiger partial charge < -0.3 is 29.2 Å². The van der Waals surface area contributed by atoms with E-state index in [-0.39, 0.29) is 0 Å². The Morgan fingerprint density at radius 1 is 1.12 bits per heavy atom. The van der Waals surface area contributed by atoms with Crippen molar-refractivity contribution in [3.05, 3.63) is 72.0 Å². The number of nitrogens with one attached hydrogen (secondary N) is 1. The minimum atomic E-state index is 0.292. The van der Waals surface area contributed by atoms with Gasteiger partial charge in [-0.05, 0) is 56.6 Å². The number of nitrogens with zero attached hydrogens (tertiary/aromatic N) is 7. The average molecular weight is 553 g/mol. The molecule has 2 aliphatic rings. The van der Waals surface area contributed by atoms with Crippen molar-refractivity contribution >= 4 is 28.4 Å². The first kappa shape index (κ1) is 26.8. The van der Waals surface area contributed by atoms with Crippen molar-refractivity contribution in [1.82, 2.24) is 24.4 Å². The molecule has 0 saturated carbocycles. The summed E-state index contributed by atoms with van der Waals surface area (Å²) in [6.07, 6.45) is 10.3. The maximum Gasteiger partial charge on any atom is 0.221 e. The van der Waals surface area contributed by atoms with Crippen molar-refractivity contribution in [2.45, 2.75) is 33.2 Å². The van der Waals surface area contributed by atoms with Gasteiger partial charge in [0.2, 0.25) is 5.88 Å². The highest BCUT2D eigenvalue weighted by molar-refractivity contribution is 6.12. The van der Waals surface area contributed by atoms with Crippen molar-refractivity contribution in [2.24, 2.45) is 12.0 Å². The van der Waals surface area contributed by atoms with Gasteiger partial charge in [-0.25, -0.2) is 19.9 Å². The standard InChI is InChI=1S/C31H36N8O2/c1-6-7-10-32-30(28-21(3)15-34-31-29(28)40-18-23-17-37(4)11-12-39(23)31)36-22-8-9-26(20(2)13-22)41-27-14-24-25(16-33-27)38(5)19-35-24/h7-10,13-16,19,23H,6,11-12,17-18H2,1-5H3,(H,32,36)/b10-7+. The van der Waals surface area contributed by atoms with Gasteiger partial charge in [-0.3, -0.25) is 0 Å². The SMILES string of the molecule is CC/C=C/N=C(Nc1ccc(Oc2cc3ncn(C)c3cn2)c(C)c1)c1c(C)cnc2c1OCC1CN(C)CCN21. The van der Waals surface area contributed by atoms with Gasteiger partial charge in [0.05, 0.1) is 35.2 Å². The second-order valence-corrected chi connectivity index (χ2v) is 10.7. The number of anilines is 2. The summed E-state index contributed by atoms with van der Waals surface area (Å²) < 4.78 is 14.5. The molecular formula is C31H36N8O2. The highest BCUT2D eigenvalue weighted by atomic mass is 16.5. The molecule has 1 fully saturated rings. The van der Waals surface area contributed by atoms with Crippen LogP contribution in [0.3, 0.4) is 0 Å². The lowest BCUT2D eigenvalue weighted by Crippen LogP contribution is -2.56. The monoisotopic (exact) mass is 552 g/mol. The predicted octanol–water partition coefficient (Wildman–Crippen LogP) is 5.07. The van der Waals surface area contributed by atoms with E-state index in [0.29, 0.717) is 24.4 Å². The molecule has 0 spiro atoms. The Morgan fingerprint density at radius 3 is 2.83 bits per heavy atom. The molecule has 0 radical (unpaired) electrons. The quantitative estimate of drug-likeness (QED) is 0.262. The zero-order valence-corrected chi connectivity index (χ0v) is 24.3. The van der Waals surface area contributed by atoms with Crippen LogP contribution in [-0.4, -0.2) is 69.6 Å². The van der Waals surface area contributed by atoms with Crippen LogP contribution in [0.4, 0.5) is 11.5 Å². The molecule has 0 amide bonds. The zero-order valence-electron chi connectivity index (χ0n) is 24.3. The molecule has 0 aliphatic carbocycles. The lowest BCUT2D eigenvalue weighted by molar-refractivity contribution is 0.186. The van der Waals surface area contributed by atoms with Gasteiger partial charge in [-0.1, -0.05) is 13.0 Å². The molecule has 1 saturated heterocycles. The van der Waals surface area contributed by atoms with Crippen molar-refractivity contribution in [1.29, 1.82) is 0 Å². The number of imidazole rings is 1. The van der Waals surface area contributed by atoms with Crippen LogP contribution in [0.5, 0.6) is 17.4 Å². The number of aryl methyl sites for hydroxylation is 3. The summed E-state index contributed by atoms with van der Waals surface area (Å²) in [5.41, 5.74) is 5.59. The third kappa shape index (κ3) is 5.35. The Morgan fingerprint density at radius 2 is 2.00 bits per heavy atom. The van der Waals surface area contributed by atoms with E-state index >= 15 is 0 Å². The van der Waals surface area contributed by atoms with Gasteiger partial charge in [-0.2, -0.15) is 0 Å². The molecule has 6 rings (SSSR count). The number of rotatable bonds is 6. The zero-order chi connectivity index (χ0) is 28.5. The summed E-state index contributed by atoms with van der Waals surface area (Å²) in [6, 6.07) is 8.13. The van der Waals surface area contributed by atoms with Gasteiger partial charge in [-0.15, -0.1) is 0 Å². The third-order valence-electron chi connectivity index (χ3n) is 7.60. The molecule has 10 heteroatoms. The van der Waals surface area contributed by atoms with Crippen LogP contribution in [0.25, 0.3) is 11.0 Å². The number of aromatic nitrogens is 4. The van der Waals surface area contributed by atoms with Crippen LogP contribution >= 0.6 is 0 Å². The molecule has 41 heavy (non-hydrogen) atoms. The van der Waals surface area contributed by atoms with Crippen LogP contribution in [0.15, 0.2) is 60.3 Å². The van der Waals surface area contributed by atoms with Gasteiger partial charge in [0, 0.05) is 50.8 Å². The largest absolute Gasteiger partial charge is 0.487 e. The highest BCUT2D eigenvalue weighted by Crippen LogP contribution is 2.38. The van der Waals surface area contributed by atoms with Gasteiger partial charge >= 0.3 is 0 Å². The number of ether oxygens (including phenoxy) is 2. The van der Waals surface area contributed by atoms with E-state index in [9.17, 15) is 0 Å². The maximum absolute atomic E-state index is 6.41. The summed E-state index contributed by atoms with van der Waals surface area (Å²) in [5.74, 6) is 3.62. The van der Waals surface area contributed by atoms with Crippen molar-refractivity contribution in [3.63, 3.8) is 0 Å². The van der Waals surface area contributed by atoms with E-state index < -0.39 is 0 Å². The first-order valence-electron chi connectivity index (χ1n) is 14.0. The fourth-order valence-corrected chi connectivity index (χ4v) is 5.36. The molecule has 212 valence electrons. The van der Waals surface area contributed by atoms with Crippen molar-refractivity contribution in [3.8, 4) is 17.4 Å². The Labute approximate surface area is 240 Å². The molecule has 4 aromatic rings. The number of hydrogen-bond acceptors (Lipinski definition) is 8. The predicted molar refractivity (Wildman–Crippen MR) is 162 cm³/mol. The molecule has 5 heterocycles. The molecule has 0 bridgehead atoms. The minimum Gasteiger partial charge on any atom is -0.487 e. The smallest absolute Gasteiger partial charge is 0.221 e. The fourth-order valence-electron chi connectivity index (χ4n) is 5.36. The van der Waals surface area contributed by atoms with Gasteiger partial charge in [0.1, 0.15) is 18.2 Å². The Bertz CT molecular complexity index is 1640. The second-order valence-electron chi connectivity index (χ2n) is 10.7. The summed E-state index contributed by atoms with van der Waals surface area (Å²) >= 11 is 0. The lowest BCUT2D eigenvalue weighted by Gasteiger charge is -2.44. The summed E-state index contributed by atoms with van der Waals surface area (Å²) in [5, 5.41) is 3.56. The first-order valence-corrected chi connectivity index (χ1v) is 14.0. The maximum atomic E-state index is 6.41. The van der Waals surface area contributed by atoms with Crippen LogP contribution < -0.4 is 19.7 Å². The van der Waals surface area contributed by atoms with E-state index in [1.54, 1.807) is 12.5 Å².